The van der Waals surface area contributed by atoms with E-state index >= 15 is 0 Å². The van der Waals surface area contributed by atoms with Crippen LogP contribution in [0.5, 0.6) is 0 Å². The number of nitrogens with one attached hydrogen (secondary N) is 2. The molecule has 1 fully saturated rings. The van der Waals surface area contributed by atoms with Crippen molar-refractivity contribution >= 4 is 5.69 Å². The summed E-state index contributed by atoms with van der Waals surface area (Å²) >= 11 is 0. The van der Waals surface area contributed by atoms with Crippen molar-refractivity contribution in [2.75, 3.05) is 26.2 Å². The van der Waals surface area contributed by atoms with Crippen LogP contribution in [-0.4, -0.2) is 26.2 Å². The molecule has 2 N–H and O–H groups in total. The Balaban J connectivity index is 0.00000112. The van der Waals surface area contributed by atoms with Gasteiger partial charge in [0.2, 0.25) is 0 Å². The van der Waals surface area contributed by atoms with E-state index in [2.05, 4.69) is 37.4 Å². The number of hydrogen-bond acceptors (Lipinski definition) is 1. The Hall–Kier alpha value is -0.130. The molecule has 2 nitrogen and oxygen atoms in total. The predicted molar refractivity (Wildman–Crippen MR) is 59.1 cm³/mol. The van der Waals surface area contributed by atoms with Crippen molar-refractivity contribution in [1.29, 1.82) is 0 Å². The molecule has 1 aliphatic rings. The van der Waals surface area contributed by atoms with E-state index in [1.807, 2.05) is 0 Å². The molecule has 0 aliphatic carbocycles. The molecule has 0 radical (unpaired) electrons. The van der Waals surface area contributed by atoms with Crippen LogP contribution in [0.4, 0.5) is 5.69 Å². The number of rotatable bonds is 1. The highest BCUT2D eigenvalue weighted by atomic mass is 127. The Labute approximate surface area is 109 Å². The van der Waals surface area contributed by atoms with Crippen LogP contribution in [0.2, 0.25) is 0 Å². The number of aryl methyl sites for hydroxylation is 2. The van der Waals surface area contributed by atoms with Gasteiger partial charge in [0.25, 0.3) is 0 Å². The number of piperazine rings is 1. The molecule has 0 spiro atoms. The van der Waals surface area contributed by atoms with Crippen LogP contribution >= 0.6 is 0 Å². The van der Waals surface area contributed by atoms with Gasteiger partial charge >= 0.3 is 0 Å². The predicted octanol–water partition coefficient (Wildman–Crippen LogP) is -2.57. The van der Waals surface area contributed by atoms with Crippen LogP contribution in [0.3, 0.4) is 0 Å². The zero-order valence-electron chi connectivity index (χ0n) is 9.44. The van der Waals surface area contributed by atoms with Crippen LogP contribution in [0, 0.1) is 13.8 Å². The van der Waals surface area contributed by atoms with Gasteiger partial charge in [0, 0.05) is 18.7 Å². The molecule has 84 valence electrons. The lowest BCUT2D eigenvalue weighted by molar-refractivity contribution is -0.835. The van der Waals surface area contributed by atoms with Gasteiger partial charge in [0.05, 0.1) is 13.1 Å². The monoisotopic (exact) mass is 318 g/mol. The quantitative estimate of drug-likeness (QED) is 0.544. The minimum absolute atomic E-state index is 0. The zero-order valence-corrected chi connectivity index (χ0v) is 11.6. The molecule has 1 aromatic rings. The average molecular weight is 318 g/mol. The SMILES string of the molecule is Cc1ccc([NH+]2CCNCC2)c(C)c1.[I-]. The Morgan fingerprint density at radius 2 is 1.80 bits per heavy atom. The number of hydrogen-bond donors (Lipinski definition) is 2. The van der Waals surface area contributed by atoms with E-state index in [-0.39, 0.29) is 24.0 Å². The van der Waals surface area contributed by atoms with Gasteiger partial charge in [0.15, 0.2) is 0 Å². The molecule has 2 rings (SSSR count). The highest BCUT2D eigenvalue weighted by Gasteiger charge is 2.17. The van der Waals surface area contributed by atoms with Gasteiger partial charge in [-0.2, -0.15) is 0 Å². The number of benzene rings is 1. The third-order valence-electron chi connectivity index (χ3n) is 2.97. The Bertz CT molecular complexity index is 319. The molecule has 1 aliphatic heterocycles. The Morgan fingerprint density at radius 1 is 1.13 bits per heavy atom. The van der Waals surface area contributed by atoms with Crippen molar-refractivity contribution in [3.63, 3.8) is 0 Å². The topological polar surface area (TPSA) is 16.5 Å². The fourth-order valence-electron chi connectivity index (χ4n) is 2.21. The second-order valence-corrected chi connectivity index (χ2v) is 4.17. The van der Waals surface area contributed by atoms with Crippen molar-refractivity contribution in [2.24, 2.45) is 0 Å². The second-order valence-electron chi connectivity index (χ2n) is 4.17. The summed E-state index contributed by atoms with van der Waals surface area (Å²) in [5.74, 6) is 0. The van der Waals surface area contributed by atoms with Crippen molar-refractivity contribution in [1.82, 2.24) is 5.32 Å². The Kier molecular flexibility index (Phi) is 5.02. The largest absolute Gasteiger partial charge is 1.00 e. The third-order valence-corrected chi connectivity index (χ3v) is 2.97. The molecule has 0 unspecified atom stereocenters. The van der Waals surface area contributed by atoms with Gasteiger partial charge in [-0.3, -0.25) is 0 Å². The molecule has 1 heterocycles. The highest BCUT2D eigenvalue weighted by Crippen LogP contribution is 2.11. The molecular weight excluding hydrogens is 299 g/mol. The first kappa shape index (κ1) is 12.9. The average Bonchev–Trinajstić information content (AvgIpc) is 2.19. The third kappa shape index (κ3) is 3.16. The summed E-state index contributed by atoms with van der Waals surface area (Å²) in [7, 11) is 0. The van der Waals surface area contributed by atoms with Gasteiger partial charge in [-0.05, 0) is 19.9 Å². The van der Waals surface area contributed by atoms with Gasteiger partial charge in [-0.25, -0.2) is 0 Å². The maximum absolute atomic E-state index is 3.39. The number of quaternary nitrogens is 1. The van der Waals surface area contributed by atoms with E-state index in [0.29, 0.717) is 0 Å². The first-order chi connectivity index (χ1) is 6.77. The lowest BCUT2D eigenvalue weighted by Crippen LogP contribution is -3.10. The second kappa shape index (κ2) is 5.82. The molecule has 0 atom stereocenters. The van der Waals surface area contributed by atoms with Gasteiger partial charge in [-0.15, -0.1) is 0 Å². The molecule has 0 aromatic heterocycles. The molecule has 1 aromatic carbocycles. The maximum atomic E-state index is 3.39. The molecule has 3 heteroatoms. The summed E-state index contributed by atoms with van der Waals surface area (Å²) in [6.45, 7) is 9.08. The van der Waals surface area contributed by atoms with Crippen LogP contribution in [0.1, 0.15) is 11.1 Å². The highest BCUT2D eigenvalue weighted by molar-refractivity contribution is 5.41. The van der Waals surface area contributed by atoms with E-state index < -0.39 is 0 Å². The van der Waals surface area contributed by atoms with E-state index in [1.165, 1.54) is 29.9 Å². The lowest BCUT2D eigenvalue weighted by atomic mass is 10.1. The minimum atomic E-state index is 0. The van der Waals surface area contributed by atoms with E-state index in [9.17, 15) is 0 Å². The molecule has 0 amide bonds. The van der Waals surface area contributed by atoms with Gasteiger partial charge in [-0.1, -0.05) is 17.7 Å². The molecule has 0 bridgehead atoms. The van der Waals surface area contributed by atoms with Crippen molar-refractivity contribution in [2.45, 2.75) is 13.8 Å². The summed E-state index contributed by atoms with van der Waals surface area (Å²) in [6, 6.07) is 6.78. The Morgan fingerprint density at radius 3 is 2.40 bits per heavy atom. The molecule has 15 heavy (non-hydrogen) atoms. The van der Waals surface area contributed by atoms with E-state index in [0.717, 1.165) is 13.1 Å². The van der Waals surface area contributed by atoms with Crippen LogP contribution in [-0.2, 0) is 0 Å². The van der Waals surface area contributed by atoms with Crippen molar-refractivity contribution in [3.05, 3.63) is 29.3 Å². The first-order valence-corrected chi connectivity index (χ1v) is 5.40. The van der Waals surface area contributed by atoms with E-state index in [4.69, 9.17) is 0 Å². The van der Waals surface area contributed by atoms with Crippen LogP contribution in [0.25, 0.3) is 0 Å². The standard InChI is InChI=1S/C12H18N2.HI/c1-10-3-4-12(11(2)9-10)14-7-5-13-6-8-14;/h3-4,9,13H,5-8H2,1-2H3;1H. The van der Waals surface area contributed by atoms with E-state index in [1.54, 1.807) is 4.90 Å². The zero-order chi connectivity index (χ0) is 9.97. The fraction of sp³-hybridized carbons (Fsp3) is 0.500. The smallest absolute Gasteiger partial charge is 0.134 e. The molecule has 0 saturated carbocycles. The maximum Gasteiger partial charge on any atom is 0.134 e. The minimum Gasteiger partial charge on any atom is -1.00 e. The van der Waals surface area contributed by atoms with Crippen LogP contribution in [0.15, 0.2) is 18.2 Å². The summed E-state index contributed by atoms with van der Waals surface area (Å²) in [5.41, 5.74) is 4.28. The first-order valence-electron chi connectivity index (χ1n) is 5.40. The summed E-state index contributed by atoms with van der Waals surface area (Å²) in [4.78, 5) is 1.63. The summed E-state index contributed by atoms with van der Waals surface area (Å²) in [5, 5.41) is 3.39. The fourth-order valence-corrected chi connectivity index (χ4v) is 2.21. The van der Waals surface area contributed by atoms with Gasteiger partial charge in [0.1, 0.15) is 5.69 Å². The van der Waals surface area contributed by atoms with Gasteiger partial charge < -0.3 is 34.2 Å². The lowest BCUT2D eigenvalue weighted by Gasteiger charge is -2.25. The van der Waals surface area contributed by atoms with Crippen molar-refractivity contribution < 1.29 is 28.9 Å². The van der Waals surface area contributed by atoms with Crippen LogP contribution < -0.4 is 34.2 Å². The molecule has 1 saturated heterocycles. The normalized spacial score (nSPS) is 17.2. The summed E-state index contributed by atoms with van der Waals surface area (Å²) in [6.07, 6.45) is 0. The van der Waals surface area contributed by atoms with Crippen molar-refractivity contribution in [3.8, 4) is 0 Å². The number of halogens is 1. The summed E-state index contributed by atoms with van der Waals surface area (Å²) < 4.78 is 0. The molecular formula is C12H19IN2.